The minimum atomic E-state index is -2.04. The van der Waals surface area contributed by atoms with Crippen LogP contribution in [0.2, 0.25) is 12.1 Å². The number of allylic oxidation sites excluding steroid dienone is 2. The summed E-state index contributed by atoms with van der Waals surface area (Å²) in [4.78, 5) is 0. The highest BCUT2D eigenvalue weighted by Gasteiger charge is 2.34. The first-order chi connectivity index (χ1) is 11.1. The van der Waals surface area contributed by atoms with Gasteiger partial charge in [0.05, 0.1) is 0 Å². The van der Waals surface area contributed by atoms with Crippen molar-refractivity contribution in [1.82, 2.24) is 0 Å². The summed E-state index contributed by atoms with van der Waals surface area (Å²) in [6.07, 6.45) is 3.97. The summed E-state index contributed by atoms with van der Waals surface area (Å²) >= 11 is 2.33. The number of benzene rings is 2. The average Bonchev–Trinajstić information content (AvgIpc) is 2.56. The van der Waals surface area contributed by atoms with E-state index in [1.165, 1.54) is 19.9 Å². The van der Waals surface area contributed by atoms with Crippen molar-refractivity contribution in [1.29, 1.82) is 0 Å². The maximum absolute atomic E-state index is 6.25. The normalized spacial score (nSPS) is 11.2. The highest BCUT2D eigenvalue weighted by Crippen LogP contribution is 2.23. The van der Waals surface area contributed by atoms with Crippen molar-refractivity contribution in [2.24, 2.45) is 0 Å². The largest absolute Gasteiger partial charge is 0.412 e. The van der Waals surface area contributed by atoms with E-state index >= 15 is 0 Å². The van der Waals surface area contributed by atoms with Crippen molar-refractivity contribution in [3.05, 3.63) is 77.4 Å². The summed E-state index contributed by atoms with van der Waals surface area (Å²) in [5, 5.41) is 1.31. The third kappa shape index (κ3) is 4.43. The maximum Gasteiger partial charge on any atom is 0.231 e. The van der Waals surface area contributed by atoms with E-state index in [9.17, 15) is 0 Å². The monoisotopic (exact) mass is 434 g/mol. The van der Waals surface area contributed by atoms with Gasteiger partial charge in [-0.15, -0.1) is 13.2 Å². The van der Waals surface area contributed by atoms with Crippen molar-refractivity contribution in [3.63, 3.8) is 0 Å². The van der Waals surface area contributed by atoms with Gasteiger partial charge in [-0.2, -0.15) is 0 Å². The Morgan fingerprint density at radius 1 is 0.913 bits per heavy atom. The smallest absolute Gasteiger partial charge is 0.231 e. The Balaban J connectivity index is 2.36. The van der Waals surface area contributed by atoms with E-state index in [4.69, 9.17) is 4.43 Å². The van der Waals surface area contributed by atoms with Crippen LogP contribution in [0, 0.1) is 3.57 Å². The van der Waals surface area contributed by atoms with Crippen molar-refractivity contribution < 1.29 is 4.43 Å². The molecule has 3 heteroatoms. The van der Waals surface area contributed by atoms with Gasteiger partial charge in [-0.3, -0.25) is 0 Å². The molecule has 0 fully saturated rings. The zero-order valence-corrected chi connectivity index (χ0v) is 16.8. The molecule has 0 saturated carbocycles. The lowest BCUT2D eigenvalue weighted by Gasteiger charge is -2.29. The molecule has 0 aliphatic carbocycles. The highest BCUT2D eigenvalue weighted by atomic mass is 127. The van der Waals surface area contributed by atoms with Crippen LogP contribution in [0.5, 0.6) is 0 Å². The quantitative estimate of drug-likeness (QED) is 0.302. The van der Waals surface area contributed by atoms with Gasteiger partial charge in [0.1, 0.15) is 0 Å². The molecule has 0 heterocycles. The molecule has 0 N–H and O–H groups in total. The van der Waals surface area contributed by atoms with Gasteiger partial charge in [0, 0.05) is 10.2 Å². The molecule has 0 aromatic heterocycles. The van der Waals surface area contributed by atoms with Crippen molar-refractivity contribution in [2.75, 3.05) is 6.61 Å². The zero-order valence-electron chi connectivity index (χ0n) is 13.6. The molecule has 0 unspecified atom stereocenters. The second-order valence-corrected chi connectivity index (χ2v) is 10.4. The van der Waals surface area contributed by atoms with Crippen LogP contribution >= 0.6 is 22.6 Å². The van der Waals surface area contributed by atoms with Gasteiger partial charge in [0.2, 0.25) is 8.32 Å². The van der Waals surface area contributed by atoms with Gasteiger partial charge in [0.15, 0.2) is 0 Å². The highest BCUT2D eigenvalue weighted by molar-refractivity contribution is 14.1. The predicted octanol–water partition coefficient (Wildman–Crippen LogP) is 5.52. The molecule has 0 aliphatic rings. The molecule has 0 saturated heterocycles. The third-order valence-corrected chi connectivity index (χ3v) is 8.80. The molecule has 23 heavy (non-hydrogen) atoms. The molecule has 2 aromatic rings. The molecule has 0 spiro atoms. The SMILES string of the molecule is C=CC[Si](CC=C)(OCC)c1ccc(-c2ccc(I)cc2)cc1. The molecule has 0 aliphatic heterocycles. The Kier molecular flexibility index (Phi) is 6.81. The van der Waals surface area contributed by atoms with Gasteiger partial charge in [-0.05, 0) is 70.0 Å². The molecular weight excluding hydrogens is 411 g/mol. The zero-order chi connectivity index (χ0) is 16.7. The van der Waals surface area contributed by atoms with E-state index in [1.807, 2.05) is 12.2 Å². The van der Waals surface area contributed by atoms with Crippen LogP contribution in [-0.2, 0) is 4.43 Å². The summed E-state index contributed by atoms with van der Waals surface area (Å²) in [5.41, 5.74) is 2.48. The standard InChI is InChI=1S/C20H23IOSi/c1-4-15-23(16-5-2,22-6-3)20-13-9-18(10-14-20)17-7-11-19(21)12-8-17/h4-5,7-14H,1-2,6,15-16H2,3H3. The number of hydrogen-bond donors (Lipinski definition) is 0. The van der Waals surface area contributed by atoms with Gasteiger partial charge < -0.3 is 4.43 Å². The first-order valence-electron chi connectivity index (χ1n) is 7.87. The lowest BCUT2D eigenvalue weighted by atomic mass is 10.1. The van der Waals surface area contributed by atoms with Gasteiger partial charge in [-0.1, -0.05) is 48.6 Å². The molecular formula is C20H23IOSi. The predicted molar refractivity (Wildman–Crippen MR) is 112 cm³/mol. The fourth-order valence-electron chi connectivity index (χ4n) is 2.87. The molecule has 120 valence electrons. The molecule has 0 radical (unpaired) electrons. The average molecular weight is 434 g/mol. The van der Waals surface area contributed by atoms with Crippen LogP contribution in [-0.4, -0.2) is 14.9 Å². The lowest BCUT2D eigenvalue weighted by Crippen LogP contribution is -2.50. The Morgan fingerprint density at radius 3 is 1.83 bits per heavy atom. The summed E-state index contributed by atoms with van der Waals surface area (Å²) in [6, 6.07) is 19.3. The van der Waals surface area contributed by atoms with Crippen molar-refractivity contribution in [2.45, 2.75) is 19.0 Å². The Bertz CT molecular complexity index is 636. The number of halogens is 1. The van der Waals surface area contributed by atoms with Crippen LogP contribution in [0.15, 0.2) is 73.8 Å². The minimum Gasteiger partial charge on any atom is -0.412 e. The van der Waals surface area contributed by atoms with Gasteiger partial charge in [-0.25, -0.2) is 0 Å². The Hall–Kier alpha value is -1.17. The molecule has 0 amide bonds. The van der Waals surface area contributed by atoms with E-state index in [1.54, 1.807) is 0 Å². The summed E-state index contributed by atoms with van der Waals surface area (Å²) in [5.74, 6) is 0. The molecule has 0 bridgehead atoms. The van der Waals surface area contributed by atoms with Crippen LogP contribution in [0.4, 0.5) is 0 Å². The Morgan fingerprint density at radius 2 is 1.39 bits per heavy atom. The van der Waals surface area contributed by atoms with Crippen LogP contribution < -0.4 is 5.19 Å². The topological polar surface area (TPSA) is 9.23 Å². The van der Waals surface area contributed by atoms with Crippen LogP contribution in [0.3, 0.4) is 0 Å². The molecule has 1 nitrogen and oxygen atoms in total. The van der Waals surface area contributed by atoms with E-state index in [2.05, 4.69) is 91.2 Å². The summed E-state index contributed by atoms with van der Waals surface area (Å²) in [7, 11) is -2.04. The van der Waals surface area contributed by atoms with E-state index in [0.29, 0.717) is 0 Å². The van der Waals surface area contributed by atoms with Gasteiger partial charge in [0.25, 0.3) is 0 Å². The number of hydrogen-bond acceptors (Lipinski definition) is 1. The second kappa shape index (κ2) is 8.62. The molecule has 2 rings (SSSR count). The van der Waals surface area contributed by atoms with Gasteiger partial charge >= 0.3 is 0 Å². The van der Waals surface area contributed by atoms with E-state index in [0.717, 1.165) is 18.7 Å². The van der Waals surface area contributed by atoms with E-state index < -0.39 is 8.32 Å². The minimum absolute atomic E-state index is 0.729. The number of rotatable bonds is 8. The fraction of sp³-hybridized carbons (Fsp3) is 0.200. The first-order valence-corrected chi connectivity index (χ1v) is 11.3. The fourth-order valence-corrected chi connectivity index (χ4v) is 6.53. The maximum atomic E-state index is 6.25. The molecule has 0 atom stereocenters. The molecule has 2 aromatic carbocycles. The third-order valence-electron chi connectivity index (χ3n) is 3.96. The van der Waals surface area contributed by atoms with Crippen LogP contribution in [0.1, 0.15) is 6.92 Å². The van der Waals surface area contributed by atoms with E-state index in [-0.39, 0.29) is 0 Å². The van der Waals surface area contributed by atoms with Crippen molar-refractivity contribution >= 4 is 36.1 Å². The van der Waals surface area contributed by atoms with Crippen molar-refractivity contribution in [3.8, 4) is 11.1 Å². The lowest BCUT2D eigenvalue weighted by molar-refractivity contribution is 0.333. The first kappa shape index (κ1) is 18.2. The van der Waals surface area contributed by atoms with Crippen LogP contribution in [0.25, 0.3) is 11.1 Å². The second-order valence-electron chi connectivity index (χ2n) is 5.50. The Labute approximate surface area is 154 Å². The summed E-state index contributed by atoms with van der Waals surface area (Å²) < 4.78 is 7.51. The summed E-state index contributed by atoms with van der Waals surface area (Å²) in [6.45, 7) is 10.6.